The molecule has 0 saturated carbocycles. The number of Topliss-reactive ketones (excluding diaryl/α,β-unsaturated/α-hetero) is 1. The minimum atomic E-state index is -0.520. The largest absolute Gasteiger partial charge is 0.396 e. The molecule has 60 valence electrons. The lowest BCUT2D eigenvalue weighted by Crippen LogP contribution is -2.10. The predicted octanol–water partition coefficient (Wildman–Crippen LogP) is 0.0989. The summed E-state index contributed by atoms with van der Waals surface area (Å²) in [4.78, 5) is 10.4. The fourth-order valence-electron chi connectivity index (χ4n) is 0.663. The topological polar surface area (TPSA) is 57.5 Å². The maximum Gasteiger partial charge on any atom is 0.129 e. The second-order valence-corrected chi connectivity index (χ2v) is 2.41. The fourth-order valence-corrected chi connectivity index (χ4v) is 0.663. The van der Waals surface area contributed by atoms with Crippen LogP contribution in [0.5, 0.6) is 0 Å². The SMILES string of the molecule is CC(=O)CCC(O)CCO. The minimum absolute atomic E-state index is 0.0148. The third-order valence-corrected chi connectivity index (χ3v) is 1.29. The van der Waals surface area contributed by atoms with Gasteiger partial charge in [-0.05, 0) is 19.8 Å². The summed E-state index contributed by atoms with van der Waals surface area (Å²) < 4.78 is 0. The third-order valence-electron chi connectivity index (χ3n) is 1.29. The molecule has 0 bridgehead atoms. The van der Waals surface area contributed by atoms with E-state index in [-0.39, 0.29) is 12.4 Å². The molecule has 3 nitrogen and oxygen atoms in total. The van der Waals surface area contributed by atoms with Crippen LogP contribution in [0.2, 0.25) is 0 Å². The van der Waals surface area contributed by atoms with Crippen molar-refractivity contribution >= 4 is 5.78 Å². The van der Waals surface area contributed by atoms with Crippen molar-refractivity contribution < 1.29 is 15.0 Å². The van der Waals surface area contributed by atoms with Gasteiger partial charge in [-0.1, -0.05) is 0 Å². The Hall–Kier alpha value is -0.410. The van der Waals surface area contributed by atoms with Crippen molar-refractivity contribution in [3.05, 3.63) is 0 Å². The lowest BCUT2D eigenvalue weighted by atomic mass is 10.1. The highest BCUT2D eigenvalue weighted by Crippen LogP contribution is 2.00. The van der Waals surface area contributed by atoms with E-state index in [2.05, 4.69) is 0 Å². The van der Waals surface area contributed by atoms with Gasteiger partial charge >= 0.3 is 0 Å². The van der Waals surface area contributed by atoms with E-state index in [0.29, 0.717) is 19.3 Å². The maximum atomic E-state index is 10.4. The Bertz CT molecular complexity index is 101. The summed E-state index contributed by atoms with van der Waals surface area (Å²) in [6.45, 7) is 1.48. The number of hydrogen-bond acceptors (Lipinski definition) is 3. The average Bonchev–Trinajstić information content (AvgIpc) is 1.85. The molecule has 0 aromatic carbocycles. The number of aliphatic hydroxyl groups excluding tert-OH is 2. The van der Waals surface area contributed by atoms with Crippen LogP contribution < -0.4 is 0 Å². The number of hydrogen-bond donors (Lipinski definition) is 2. The second-order valence-electron chi connectivity index (χ2n) is 2.41. The zero-order valence-electron chi connectivity index (χ0n) is 6.21. The first-order chi connectivity index (χ1) is 4.66. The van der Waals surface area contributed by atoms with E-state index >= 15 is 0 Å². The third kappa shape index (κ3) is 5.72. The maximum absolute atomic E-state index is 10.4. The Morgan fingerprint density at radius 1 is 1.50 bits per heavy atom. The summed E-state index contributed by atoms with van der Waals surface area (Å²) in [6, 6.07) is 0. The minimum Gasteiger partial charge on any atom is -0.396 e. The summed E-state index contributed by atoms with van der Waals surface area (Å²) in [5.41, 5.74) is 0. The van der Waals surface area contributed by atoms with Gasteiger partial charge < -0.3 is 15.0 Å². The second kappa shape index (κ2) is 5.38. The molecule has 10 heavy (non-hydrogen) atoms. The van der Waals surface area contributed by atoms with Crippen LogP contribution in [-0.4, -0.2) is 28.7 Å². The molecule has 1 unspecified atom stereocenters. The molecule has 0 heterocycles. The van der Waals surface area contributed by atoms with E-state index in [1.807, 2.05) is 0 Å². The first-order valence-electron chi connectivity index (χ1n) is 3.45. The summed E-state index contributed by atoms with van der Waals surface area (Å²) in [6.07, 6.45) is 0.721. The van der Waals surface area contributed by atoms with Crippen LogP contribution in [-0.2, 0) is 4.79 Å². The molecule has 3 heteroatoms. The smallest absolute Gasteiger partial charge is 0.129 e. The van der Waals surface area contributed by atoms with Gasteiger partial charge in [-0.15, -0.1) is 0 Å². The number of carbonyl (C=O) groups excluding carboxylic acids is 1. The summed E-state index contributed by atoms with van der Waals surface area (Å²) in [5.74, 6) is 0.0805. The van der Waals surface area contributed by atoms with Crippen LogP contribution in [0.3, 0.4) is 0 Å². The molecule has 0 amide bonds. The molecule has 0 aliphatic heterocycles. The van der Waals surface area contributed by atoms with Gasteiger partial charge in [0.05, 0.1) is 6.10 Å². The molecule has 0 aromatic rings. The zero-order chi connectivity index (χ0) is 7.98. The average molecular weight is 146 g/mol. The van der Waals surface area contributed by atoms with Gasteiger partial charge in [0, 0.05) is 13.0 Å². The predicted molar refractivity (Wildman–Crippen MR) is 37.6 cm³/mol. The highest BCUT2D eigenvalue weighted by atomic mass is 16.3. The van der Waals surface area contributed by atoms with Crippen molar-refractivity contribution in [3.63, 3.8) is 0 Å². The molecule has 0 radical (unpaired) electrons. The molecule has 0 aliphatic carbocycles. The van der Waals surface area contributed by atoms with Crippen LogP contribution >= 0.6 is 0 Å². The van der Waals surface area contributed by atoms with E-state index in [0.717, 1.165) is 0 Å². The monoisotopic (exact) mass is 146 g/mol. The van der Waals surface area contributed by atoms with Gasteiger partial charge in [0.15, 0.2) is 0 Å². The first kappa shape index (κ1) is 9.59. The normalized spacial score (nSPS) is 13.1. The molecule has 0 aliphatic rings. The molecule has 1 atom stereocenters. The van der Waals surface area contributed by atoms with Crippen LogP contribution in [0.25, 0.3) is 0 Å². The zero-order valence-corrected chi connectivity index (χ0v) is 6.21. The molecule has 0 saturated heterocycles. The number of carbonyl (C=O) groups is 1. The summed E-state index contributed by atoms with van der Waals surface area (Å²) in [5, 5.41) is 17.3. The number of rotatable bonds is 5. The lowest BCUT2D eigenvalue weighted by molar-refractivity contribution is -0.117. The van der Waals surface area contributed by atoms with Gasteiger partial charge in [-0.3, -0.25) is 0 Å². The van der Waals surface area contributed by atoms with E-state index in [1.165, 1.54) is 6.92 Å². The van der Waals surface area contributed by atoms with Crippen LogP contribution in [0.4, 0.5) is 0 Å². The molecule has 0 aromatic heterocycles. The quantitative estimate of drug-likeness (QED) is 0.578. The molecule has 0 fully saturated rings. The highest BCUT2D eigenvalue weighted by Gasteiger charge is 2.03. The van der Waals surface area contributed by atoms with E-state index < -0.39 is 6.10 Å². The Kier molecular flexibility index (Phi) is 5.16. The fraction of sp³-hybridized carbons (Fsp3) is 0.857. The molecular formula is C7H14O3. The van der Waals surface area contributed by atoms with Crippen molar-refractivity contribution in [2.45, 2.75) is 32.3 Å². The molecule has 2 N–H and O–H groups in total. The lowest BCUT2D eigenvalue weighted by Gasteiger charge is -2.05. The first-order valence-corrected chi connectivity index (χ1v) is 3.45. The van der Waals surface area contributed by atoms with Gasteiger partial charge in [0.1, 0.15) is 5.78 Å². The molecule has 0 spiro atoms. The molecule has 0 rings (SSSR count). The number of aliphatic hydroxyl groups is 2. The summed E-state index contributed by atoms with van der Waals surface area (Å²) in [7, 11) is 0. The standard InChI is InChI=1S/C7H14O3/c1-6(9)2-3-7(10)4-5-8/h7-8,10H,2-5H2,1H3. The Morgan fingerprint density at radius 2 is 2.10 bits per heavy atom. The van der Waals surface area contributed by atoms with Gasteiger partial charge in [0.25, 0.3) is 0 Å². The van der Waals surface area contributed by atoms with Crippen molar-refractivity contribution in [2.75, 3.05) is 6.61 Å². The van der Waals surface area contributed by atoms with Crippen molar-refractivity contribution in [2.24, 2.45) is 0 Å². The van der Waals surface area contributed by atoms with Crippen LogP contribution in [0.15, 0.2) is 0 Å². The van der Waals surface area contributed by atoms with Crippen LogP contribution in [0.1, 0.15) is 26.2 Å². The van der Waals surface area contributed by atoms with Gasteiger partial charge in [0.2, 0.25) is 0 Å². The van der Waals surface area contributed by atoms with Gasteiger partial charge in [-0.25, -0.2) is 0 Å². The summed E-state index contributed by atoms with van der Waals surface area (Å²) >= 11 is 0. The van der Waals surface area contributed by atoms with E-state index in [9.17, 15) is 4.79 Å². The Labute approximate surface area is 60.7 Å². The highest BCUT2D eigenvalue weighted by molar-refractivity contribution is 5.75. The van der Waals surface area contributed by atoms with Gasteiger partial charge in [-0.2, -0.15) is 0 Å². The van der Waals surface area contributed by atoms with Crippen LogP contribution in [0, 0.1) is 0 Å². The number of ketones is 1. The van der Waals surface area contributed by atoms with Crippen molar-refractivity contribution in [1.82, 2.24) is 0 Å². The van der Waals surface area contributed by atoms with Crippen molar-refractivity contribution in [3.8, 4) is 0 Å². The van der Waals surface area contributed by atoms with E-state index in [4.69, 9.17) is 10.2 Å². The molecular weight excluding hydrogens is 132 g/mol. The van der Waals surface area contributed by atoms with E-state index in [1.54, 1.807) is 0 Å². The van der Waals surface area contributed by atoms with Crippen molar-refractivity contribution in [1.29, 1.82) is 0 Å². The Balaban J connectivity index is 3.21. The Morgan fingerprint density at radius 3 is 2.50 bits per heavy atom.